The summed E-state index contributed by atoms with van der Waals surface area (Å²) >= 11 is 0. The minimum atomic E-state index is 0.518. The second kappa shape index (κ2) is 2.20. The molecule has 3 heteroatoms. The molecule has 53 valence electrons. The van der Waals surface area contributed by atoms with Crippen LogP contribution in [0, 0.1) is 6.07 Å². The molecule has 0 aliphatic heterocycles. The number of aromatic nitrogens is 2. The maximum Gasteiger partial charge on any atom is 0.134 e. The van der Waals surface area contributed by atoms with Gasteiger partial charge in [0, 0.05) is 5.39 Å². The van der Waals surface area contributed by atoms with Gasteiger partial charge in [0.05, 0.1) is 5.52 Å². The summed E-state index contributed by atoms with van der Waals surface area (Å²) in [6.07, 6.45) is 1.45. The van der Waals surface area contributed by atoms with Crippen LogP contribution in [0.1, 0.15) is 0 Å². The highest BCUT2D eigenvalue weighted by molar-refractivity contribution is 5.87. The maximum atomic E-state index is 5.59. The fourth-order valence-electron chi connectivity index (χ4n) is 0.968. The molecule has 0 atom stereocenters. The van der Waals surface area contributed by atoms with Crippen LogP contribution in [0.3, 0.4) is 0 Å². The number of fused-ring (bicyclic) bond motifs is 1. The van der Waals surface area contributed by atoms with Crippen LogP contribution in [0.25, 0.3) is 10.9 Å². The summed E-state index contributed by atoms with van der Waals surface area (Å²) in [7, 11) is 0. The van der Waals surface area contributed by atoms with E-state index in [-0.39, 0.29) is 0 Å². The molecular weight excluding hydrogens is 138 g/mol. The molecule has 0 aliphatic carbocycles. The van der Waals surface area contributed by atoms with Gasteiger partial charge in [0.15, 0.2) is 0 Å². The van der Waals surface area contributed by atoms with Gasteiger partial charge in [0.25, 0.3) is 0 Å². The van der Waals surface area contributed by atoms with E-state index in [2.05, 4.69) is 16.0 Å². The van der Waals surface area contributed by atoms with Crippen molar-refractivity contribution in [1.82, 2.24) is 9.97 Å². The SMILES string of the molecule is Nc1ncnc2c[c]ccc12. The third-order valence-electron chi connectivity index (χ3n) is 1.51. The monoisotopic (exact) mass is 144 g/mol. The summed E-state index contributed by atoms with van der Waals surface area (Å²) in [5, 5.41) is 0.881. The molecule has 11 heavy (non-hydrogen) atoms. The minimum absolute atomic E-state index is 0.518. The Morgan fingerprint density at radius 1 is 1.36 bits per heavy atom. The van der Waals surface area contributed by atoms with Crippen LogP contribution in [-0.4, -0.2) is 9.97 Å². The van der Waals surface area contributed by atoms with E-state index in [1.807, 2.05) is 6.07 Å². The topological polar surface area (TPSA) is 51.8 Å². The summed E-state index contributed by atoms with van der Waals surface area (Å²) < 4.78 is 0. The maximum absolute atomic E-state index is 5.59. The van der Waals surface area contributed by atoms with E-state index in [4.69, 9.17) is 5.73 Å². The molecule has 0 saturated heterocycles. The number of nitrogens with two attached hydrogens (primary N) is 1. The Labute approximate surface area is 63.9 Å². The first-order valence-corrected chi connectivity index (χ1v) is 3.24. The Morgan fingerprint density at radius 3 is 3.09 bits per heavy atom. The zero-order valence-electron chi connectivity index (χ0n) is 5.78. The van der Waals surface area contributed by atoms with Crippen molar-refractivity contribution in [3.63, 3.8) is 0 Å². The first-order chi connectivity index (χ1) is 5.38. The molecule has 0 aliphatic rings. The van der Waals surface area contributed by atoms with Crippen LogP contribution in [0.2, 0.25) is 0 Å². The van der Waals surface area contributed by atoms with E-state index >= 15 is 0 Å². The van der Waals surface area contributed by atoms with E-state index in [1.54, 1.807) is 12.1 Å². The average molecular weight is 144 g/mol. The molecular formula is C8H6N3. The van der Waals surface area contributed by atoms with Crippen LogP contribution in [0.5, 0.6) is 0 Å². The van der Waals surface area contributed by atoms with Gasteiger partial charge in [0.2, 0.25) is 0 Å². The lowest BCUT2D eigenvalue weighted by Crippen LogP contribution is -1.92. The lowest BCUT2D eigenvalue weighted by atomic mass is 10.2. The Kier molecular flexibility index (Phi) is 1.22. The lowest BCUT2D eigenvalue weighted by Gasteiger charge is -1.96. The summed E-state index contributed by atoms with van der Waals surface area (Å²) in [5.41, 5.74) is 6.42. The van der Waals surface area contributed by atoms with Crippen molar-refractivity contribution >= 4 is 16.7 Å². The predicted molar refractivity (Wildman–Crippen MR) is 42.8 cm³/mol. The Bertz CT molecular complexity index is 378. The van der Waals surface area contributed by atoms with Gasteiger partial charge in [-0.3, -0.25) is 0 Å². The van der Waals surface area contributed by atoms with E-state index in [1.165, 1.54) is 6.33 Å². The van der Waals surface area contributed by atoms with Crippen molar-refractivity contribution in [3.05, 3.63) is 30.6 Å². The third kappa shape index (κ3) is 0.902. The second-order valence-electron chi connectivity index (χ2n) is 2.20. The van der Waals surface area contributed by atoms with E-state index in [9.17, 15) is 0 Å². The molecule has 1 radical (unpaired) electrons. The van der Waals surface area contributed by atoms with Gasteiger partial charge in [-0.05, 0) is 18.2 Å². The number of rotatable bonds is 0. The molecule has 0 fully saturated rings. The number of hydrogen-bond donors (Lipinski definition) is 1. The van der Waals surface area contributed by atoms with Crippen molar-refractivity contribution in [3.8, 4) is 0 Å². The van der Waals surface area contributed by atoms with Gasteiger partial charge in [0.1, 0.15) is 12.1 Å². The van der Waals surface area contributed by atoms with Crippen LogP contribution >= 0.6 is 0 Å². The molecule has 1 aromatic heterocycles. The molecule has 0 saturated carbocycles. The lowest BCUT2D eigenvalue weighted by molar-refractivity contribution is 1.23. The third-order valence-corrected chi connectivity index (χ3v) is 1.51. The molecule has 1 aromatic carbocycles. The average Bonchev–Trinajstić information content (AvgIpc) is 2.06. The quantitative estimate of drug-likeness (QED) is 0.600. The largest absolute Gasteiger partial charge is 0.383 e. The van der Waals surface area contributed by atoms with E-state index in [0.717, 1.165) is 10.9 Å². The van der Waals surface area contributed by atoms with Crippen LogP contribution in [-0.2, 0) is 0 Å². The molecule has 2 aromatic rings. The molecule has 0 spiro atoms. The molecule has 3 nitrogen and oxygen atoms in total. The van der Waals surface area contributed by atoms with Gasteiger partial charge in [-0.15, -0.1) is 0 Å². The molecule has 0 amide bonds. The van der Waals surface area contributed by atoms with Crippen LogP contribution in [0.4, 0.5) is 5.82 Å². The van der Waals surface area contributed by atoms with E-state index < -0.39 is 0 Å². The van der Waals surface area contributed by atoms with Gasteiger partial charge < -0.3 is 5.73 Å². The van der Waals surface area contributed by atoms with Gasteiger partial charge in [-0.2, -0.15) is 0 Å². The highest BCUT2D eigenvalue weighted by atomic mass is 14.9. The smallest absolute Gasteiger partial charge is 0.134 e. The fraction of sp³-hybridized carbons (Fsp3) is 0. The van der Waals surface area contributed by atoms with Gasteiger partial charge in [-0.1, -0.05) is 6.07 Å². The number of benzene rings is 1. The summed E-state index contributed by atoms with van der Waals surface area (Å²) in [6.45, 7) is 0. The van der Waals surface area contributed by atoms with Crippen molar-refractivity contribution in [1.29, 1.82) is 0 Å². The molecule has 1 heterocycles. The summed E-state index contributed by atoms with van der Waals surface area (Å²) in [5.74, 6) is 0.518. The summed E-state index contributed by atoms with van der Waals surface area (Å²) in [4.78, 5) is 7.88. The second-order valence-corrected chi connectivity index (χ2v) is 2.20. The van der Waals surface area contributed by atoms with Crippen molar-refractivity contribution in [2.24, 2.45) is 0 Å². The standard InChI is InChI=1S/C8H6N3/c9-8-6-3-1-2-4-7(6)10-5-11-8/h1,3-5H,(H2,9,10,11). The van der Waals surface area contributed by atoms with Crippen molar-refractivity contribution in [2.75, 3.05) is 5.73 Å². The molecule has 2 rings (SSSR count). The van der Waals surface area contributed by atoms with Gasteiger partial charge in [-0.25, -0.2) is 9.97 Å². The predicted octanol–water partition coefficient (Wildman–Crippen LogP) is 1.01. The number of hydrogen-bond acceptors (Lipinski definition) is 3. The first kappa shape index (κ1) is 6.09. The van der Waals surface area contributed by atoms with Crippen LogP contribution in [0.15, 0.2) is 24.5 Å². The summed E-state index contributed by atoms with van der Waals surface area (Å²) in [6, 6.07) is 8.35. The number of nitrogens with zero attached hydrogens (tertiary/aromatic N) is 2. The van der Waals surface area contributed by atoms with Crippen molar-refractivity contribution < 1.29 is 0 Å². The number of anilines is 1. The first-order valence-electron chi connectivity index (χ1n) is 3.24. The van der Waals surface area contributed by atoms with Crippen LogP contribution < -0.4 is 5.73 Å². The Balaban J connectivity index is 2.91. The fourth-order valence-corrected chi connectivity index (χ4v) is 0.968. The Hall–Kier alpha value is -1.64. The molecule has 0 unspecified atom stereocenters. The molecule has 2 N–H and O–H groups in total. The normalized spacial score (nSPS) is 10.2. The highest BCUT2D eigenvalue weighted by Crippen LogP contribution is 2.13. The molecule has 0 bridgehead atoms. The Morgan fingerprint density at radius 2 is 2.27 bits per heavy atom. The van der Waals surface area contributed by atoms with Gasteiger partial charge >= 0.3 is 0 Å². The van der Waals surface area contributed by atoms with Crippen molar-refractivity contribution in [2.45, 2.75) is 0 Å². The highest BCUT2D eigenvalue weighted by Gasteiger charge is 1.95. The minimum Gasteiger partial charge on any atom is -0.383 e. The van der Waals surface area contributed by atoms with E-state index in [0.29, 0.717) is 5.82 Å². The zero-order chi connectivity index (χ0) is 7.68. The number of nitrogen functional groups attached to an aromatic ring is 1. The zero-order valence-corrected chi connectivity index (χ0v) is 5.78.